The molecule has 0 aliphatic carbocycles. The molecular weight excluding hydrogens is 432 g/mol. The molecule has 0 radical (unpaired) electrons. The first-order valence-corrected chi connectivity index (χ1v) is 10.8. The van der Waals surface area contributed by atoms with Crippen LogP contribution in [0.4, 0.5) is 19.3 Å². The number of hydrogen-bond donors (Lipinski definition) is 3. The van der Waals surface area contributed by atoms with Crippen molar-refractivity contribution in [3.63, 3.8) is 0 Å². The molecular formula is C23H25F2N5O3. The van der Waals surface area contributed by atoms with Crippen molar-refractivity contribution in [2.45, 2.75) is 44.1 Å². The Hall–Kier alpha value is -3.37. The fourth-order valence-corrected chi connectivity index (χ4v) is 3.81. The topological polar surface area (TPSA) is 101 Å². The summed E-state index contributed by atoms with van der Waals surface area (Å²) < 4.78 is 33.8. The van der Waals surface area contributed by atoms with E-state index in [0.29, 0.717) is 37.2 Å². The van der Waals surface area contributed by atoms with E-state index in [9.17, 15) is 18.7 Å². The molecule has 0 spiro atoms. The Balaban J connectivity index is 1.26. The number of aromatic nitrogens is 3. The van der Waals surface area contributed by atoms with Crippen LogP contribution in [0, 0.1) is 11.6 Å². The number of hydrogen-bond acceptors (Lipinski definition) is 5. The summed E-state index contributed by atoms with van der Waals surface area (Å²) in [6, 6.07) is 10.7. The largest absolute Gasteiger partial charge is 0.394 e. The Morgan fingerprint density at radius 2 is 1.79 bits per heavy atom. The lowest BCUT2D eigenvalue weighted by atomic mass is 9.97. The molecule has 2 heterocycles. The molecule has 1 aliphatic rings. The van der Waals surface area contributed by atoms with Crippen LogP contribution in [0.3, 0.4) is 0 Å². The smallest absolute Gasteiger partial charge is 0.319 e. The van der Waals surface area contributed by atoms with Gasteiger partial charge in [-0.25, -0.2) is 13.6 Å². The van der Waals surface area contributed by atoms with E-state index in [0.717, 1.165) is 5.56 Å². The van der Waals surface area contributed by atoms with Gasteiger partial charge in [-0.2, -0.15) is 0 Å². The number of urea groups is 1. The molecule has 174 valence electrons. The maximum atomic E-state index is 13.1. The third-order valence-electron chi connectivity index (χ3n) is 5.57. The van der Waals surface area contributed by atoms with Crippen LogP contribution in [0.2, 0.25) is 0 Å². The van der Waals surface area contributed by atoms with Crippen LogP contribution in [0.5, 0.6) is 0 Å². The van der Waals surface area contributed by atoms with E-state index in [-0.39, 0.29) is 30.4 Å². The Kier molecular flexibility index (Phi) is 7.26. The van der Waals surface area contributed by atoms with Crippen molar-refractivity contribution < 1.29 is 23.4 Å². The summed E-state index contributed by atoms with van der Waals surface area (Å²) in [4.78, 5) is 12.3. The summed E-state index contributed by atoms with van der Waals surface area (Å²) in [6.07, 6.45) is 3.18. The van der Waals surface area contributed by atoms with Crippen molar-refractivity contribution in [1.82, 2.24) is 20.3 Å². The minimum atomic E-state index is -0.534. The van der Waals surface area contributed by atoms with Crippen molar-refractivity contribution >= 4 is 11.7 Å². The molecule has 8 nitrogen and oxygen atoms in total. The van der Waals surface area contributed by atoms with Crippen LogP contribution in [-0.4, -0.2) is 51.0 Å². The number of carbonyl (C=O) groups excluding carboxylic acids is 1. The summed E-state index contributed by atoms with van der Waals surface area (Å²) in [5.74, 6) is -0.689. The second-order valence-electron chi connectivity index (χ2n) is 7.93. The van der Waals surface area contributed by atoms with E-state index in [1.807, 2.05) is 0 Å². The number of halogens is 2. The first kappa shape index (κ1) is 22.8. The molecule has 3 aromatic rings. The number of amides is 2. The van der Waals surface area contributed by atoms with E-state index in [1.54, 1.807) is 23.0 Å². The molecule has 0 saturated carbocycles. The standard InChI is InChI=1S/C23H25F2N5O3/c24-16-3-1-15(2-4-16)21-13-30(29-28-21)12-11-19-9-10-20(22(14-31)33-19)27-23(32)26-18-7-5-17(25)6-8-18/h1-8,13,19-20,22,31H,9-12,14H2,(H2,26,27,32)/t19-,20-,22-/m0/s1. The number of anilines is 1. The van der Waals surface area contributed by atoms with Crippen LogP contribution >= 0.6 is 0 Å². The summed E-state index contributed by atoms with van der Waals surface area (Å²) >= 11 is 0. The molecule has 0 unspecified atom stereocenters. The fraction of sp³-hybridized carbons (Fsp3) is 0.348. The SMILES string of the molecule is O=C(Nc1ccc(F)cc1)N[C@H]1CC[C@@H](CCn2cc(-c3ccc(F)cc3)nn2)O[C@H]1CO. The minimum absolute atomic E-state index is 0.0983. The van der Waals surface area contributed by atoms with Crippen LogP contribution in [0.25, 0.3) is 11.3 Å². The molecule has 1 aliphatic heterocycles. The quantitative estimate of drug-likeness (QED) is 0.505. The molecule has 1 saturated heterocycles. The van der Waals surface area contributed by atoms with Crippen molar-refractivity contribution in [3.8, 4) is 11.3 Å². The van der Waals surface area contributed by atoms with Crippen LogP contribution in [-0.2, 0) is 11.3 Å². The van der Waals surface area contributed by atoms with Gasteiger partial charge >= 0.3 is 6.03 Å². The zero-order chi connectivity index (χ0) is 23.2. The molecule has 3 atom stereocenters. The van der Waals surface area contributed by atoms with Gasteiger partial charge in [0.25, 0.3) is 0 Å². The predicted octanol–water partition coefficient (Wildman–Crippen LogP) is 3.34. The van der Waals surface area contributed by atoms with Crippen LogP contribution < -0.4 is 10.6 Å². The van der Waals surface area contributed by atoms with Gasteiger partial charge < -0.3 is 20.5 Å². The highest BCUT2D eigenvalue weighted by atomic mass is 19.1. The average molecular weight is 457 g/mol. The molecule has 1 aromatic heterocycles. The third kappa shape index (κ3) is 6.11. The number of carbonyl (C=O) groups is 1. The summed E-state index contributed by atoms with van der Waals surface area (Å²) in [5, 5.41) is 23.5. The summed E-state index contributed by atoms with van der Waals surface area (Å²) in [7, 11) is 0. The van der Waals surface area contributed by atoms with E-state index in [4.69, 9.17) is 4.74 Å². The predicted molar refractivity (Wildman–Crippen MR) is 117 cm³/mol. The van der Waals surface area contributed by atoms with Crippen molar-refractivity contribution in [2.75, 3.05) is 11.9 Å². The van der Waals surface area contributed by atoms with Gasteiger partial charge in [-0.15, -0.1) is 5.10 Å². The average Bonchev–Trinajstić information content (AvgIpc) is 3.29. The Labute approximate surface area is 189 Å². The first-order chi connectivity index (χ1) is 16.0. The molecule has 10 heteroatoms. The number of benzene rings is 2. The van der Waals surface area contributed by atoms with Gasteiger partial charge in [0, 0.05) is 17.8 Å². The van der Waals surface area contributed by atoms with Gasteiger partial charge in [-0.1, -0.05) is 5.21 Å². The van der Waals surface area contributed by atoms with Gasteiger partial charge in [0.2, 0.25) is 0 Å². The van der Waals surface area contributed by atoms with Gasteiger partial charge in [-0.05, 0) is 67.8 Å². The zero-order valence-electron chi connectivity index (χ0n) is 17.8. The third-order valence-corrected chi connectivity index (χ3v) is 5.57. The van der Waals surface area contributed by atoms with Crippen molar-refractivity contribution in [3.05, 3.63) is 66.4 Å². The van der Waals surface area contributed by atoms with E-state index in [1.165, 1.54) is 36.4 Å². The fourth-order valence-electron chi connectivity index (χ4n) is 3.81. The number of ether oxygens (including phenoxy) is 1. The zero-order valence-corrected chi connectivity index (χ0v) is 17.8. The summed E-state index contributed by atoms with van der Waals surface area (Å²) in [6.45, 7) is 0.343. The van der Waals surface area contributed by atoms with Crippen molar-refractivity contribution in [2.24, 2.45) is 0 Å². The maximum absolute atomic E-state index is 13.1. The van der Waals surface area contributed by atoms with Gasteiger partial charge in [-0.3, -0.25) is 4.68 Å². The van der Waals surface area contributed by atoms with Crippen LogP contribution in [0.1, 0.15) is 19.3 Å². The normalized spacial score (nSPS) is 20.4. The maximum Gasteiger partial charge on any atom is 0.319 e. The van der Waals surface area contributed by atoms with Gasteiger partial charge in [0.1, 0.15) is 23.4 Å². The number of aryl methyl sites for hydroxylation is 1. The lowest BCUT2D eigenvalue weighted by molar-refractivity contribution is -0.0905. The Bertz CT molecular complexity index is 1060. The Morgan fingerprint density at radius 1 is 1.09 bits per heavy atom. The van der Waals surface area contributed by atoms with E-state index < -0.39 is 12.1 Å². The van der Waals surface area contributed by atoms with E-state index >= 15 is 0 Å². The lowest BCUT2D eigenvalue weighted by Gasteiger charge is -2.36. The van der Waals surface area contributed by atoms with E-state index in [2.05, 4.69) is 20.9 Å². The second-order valence-corrected chi connectivity index (χ2v) is 7.93. The number of aliphatic hydroxyl groups excluding tert-OH is 1. The summed E-state index contributed by atoms with van der Waals surface area (Å²) in [5.41, 5.74) is 1.91. The highest BCUT2D eigenvalue weighted by Crippen LogP contribution is 2.23. The molecule has 4 rings (SSSR count). The number of nitrogens with one attached hydrogen (secondary N) is 2. The number of rotatable bonds is 7. The first-order valence-electron chi connectivity index (χ1n) is 10.8. The van der Waals surface area contributed by atoms with Crippen molar-refractivity contribution in [1.29, 1.82) is 0 Å². The number of aliphatic hydroxyl groups is 1. The van der Waals surface area contributed by atoms with Gasteiger partial charge in [0.05, 0.1) is 24.9 Å². The second kappa shape index (κ2) is 10.5. The highest BCUT2D eigenvalue weighted by Gasteiger charge is 2.31. The lowest BCUT2D eigenvalue weighted by Crippen LogP contribution is -2.52. The monoisotopic (exact) mass is 457 g/mol. The molecule has 3 N–H and O–H groups in total. The molecule has 2 amide bonds. The molecule has 1 fully saturated rings. The molecule has 0 bridgehead atoms. The Morgan fingerprint density at radius 3 is 2.48 bits per heavy atom. The minimum Gasteiger partial charge on any atom is -0.394 e. The molecule has 2 aromatic carbocycles. The van der Waals surface area contributed by atoms with Crippen LogP contribution in [0.15, 0.2) is 54.7 Å². The molecule has 33 heavy (non-hydrogen) atoms. The number of nitrogens with zero attached hydrogens (tertiary/aromatic N) is 3. The highest BCUT2D eigenvalue weighted by molar-refractivity contribution is 5.89. The van der Waals surface area contributed by atoms with Gasteiger partial charge in [0.15, 0.2) is 0 Å².